The molecule has 0 saturated carbocycles. The fraction of sp³-hybridized carbons (Fsp3) is 0.286. The van der Waals surface area contributed by atoms with Crippen LogP contribution in [0.15, 0.2) is 54.6 Å². The van der Waals surface area contributed by atoms with Gasteiger partial charge in [-0.25, -0.2) is 4.79 Å². The standard InChI is InChI=1S/C21H22N4O3.ClH/c22-18-13-24(12-17(18)15-4-2-1-3-5-15)20(27)16-8-6-14(7-9-16)11-25-19(26)10-23-21(25)28;/h1-9,17-18H,10-13,22H2,(H,23,28);1H/t17-,18+;/m0./s1. The van der Waals surface area contributed by atoms with Crippen LogP contribution in [0.2, 0.25) is 0 Å². The highest BCUT2D eigenvalue weighted by atomic mass is 35.5. The van der Waals surface area contributed by atoms with Crippen molar-refractivity contribution < 1.29 is 14.4 Å². The summed E-state index contributed by atoms with van der Waals surface area (Å²) in [5, 5.41) is 2.49. The van der Waals surface area contributed by atoms with E-state index in [0.717, 1.165) is 11.1 Å². The molecule has 0 unspecified atom stereocenters. The zero-order valence-corrected chi connectivity index (χ0v) is 16.6. The van der Waals surface area contributed by atoms with E-state index in [1.807, 2.05) is 30.3 Å². The minimum absolute atomic E-state index is 0. The van der Waals surface area contributed by atoms with Crippen LogP contribution in [0, 0.1) is 0 Å². The molecule has 152 valence electrons. The number of halogens is 1. The summed E-state index contributed by atoms with van der Waals surface area (Å²) >= 11 is 0. The predicted octanol–water partition coefficient (Wildman–Crippen LogP) is 1.73. The number of likely N-dealkylation sites (tertiary alicyclic amines) is 1. The van der Waals surface area contributed by atoms with E-state index < -0.39 is 0 Å². The number of benzene rings is 2. The minimum atomic E-state index is -0.386. The molecule has 7 nitrogen and oxygen atoms in total. The van der Waals surface area contributed by atoms with Crippen LogP contribution in [0.3, 0.4) is 0 Å². The number of carbonyl (C=O) groups is 3. The number of hydrogen-bond acceptors (Lipinski definition) is 4. The van der Waals surface area contributed by atoms with Gasteiger partial charge in [0.05, 0.1) is 13.1 Å². The molecule has 2 aromatic carbocycles. The number of urea groups is 1. The highest BCUT2D eigenvalue weighted by Gasteiger charge is 2.34. The number of carbonyl (C=O) groups excluding carboxylic acids is 3. The molecular formula is C21H23ClN4O3. The second kappa shape index (κ2) is 8.63. The van der Waals surface area contributed by atoms with Crippen LogP contribution in [0.1, 0.15) is 27.4 Å². The highest BCUT2D eigenvalue weighted by molar-refractivity contribution is 6.01. The molecule has 2 aliphatic rings. The molecule has 0 radical (unpaired) electrons. The topological polar surface area (TPSA) is 95.7 Å². The third kappa shape index (κ3) is 4.26. The molecule has 0 aliphatic carbocycles. The molecule has 8 heteroatoms. The van der Waals surface area contributed by atoms with E-state index in [1.165, 1.54) is 4.90 Å². The SMILES string of the molecule is Cl.N[C@@H]1CN(C(=O)c2ccc(CN3C(=O)CNC3=O)cc2)C[C@H]1c1ccccc1. The van der Waals surface area contributed by atoms with Crippen LogP contribution in [-0.4, -0.2) is 53.3 Å². The molecule has 2 aliphatic heterocycles. The number of amides is 4. The Balaban J connectivity index is 0.00000240. The smallest absolute Gasteiger partial charge is 0.324 e. The molecule has 3 N–H and O–H groups in total. The normalized spacial score (nSPS) is 21.1. The monoisotopic (exact) mass is 414 g/mol. The predicted molar refractivity (Wildman–Crippen MR) is 111 cm³/mol. The van der Waals surface area contributed by atoms with Gasteiger partial charge in [-0.15, -0.1) is 12.4 Å². The van der Waals surface area contributed by atoms with Crippen molar-refractivity contribution in [1.29, 1.82) is 0 Å². The molecule has 2 heterocycles. The number of nitrogens with one attached hydrogen (secondary N) is 1. The Bertz CT molecular complexity index is 888. The first-order valence-electron chi connectivity index (χ1n) is 9.30. The maximum Gasteiger partial charge on any atom is 0.324 e. The Morgan fingerprint density at radius 1 is 1.03 bits per heavy atom. The Kier molecular flexibility index (Phi) is 6.20. The number of nitrogens with zero attached hydrogens (tertiary/aromatic N) is 2. The molecule has 2 aromatic rings. The number of imide groups is 1. The first kappa shape index (κ1) is 20.8. The molecule has 4 rings (SSSR count). The number of rotatable bonds is 4. The highest BCUT2D eigenvalue weighted by Crippen LogP contribution is 2.27. The molecule has 0 aromatic heterocycles. The lowest BCUT2D eigenvalue weighted by molar-refractivity contribution is -0.125. The third-order valence-corrected chi connectivity index (χ3v) is 5.36. The van der Waals surface area contributed by atoms with Gasteiger partial charge in [-0.2, -0.15) is 0 Å². The second-order valence-corrected chi connectivity index (χ2v) is 7.23. The number of hydrogen-bond donors (Lipinski definition) is 2. The molecule has 0 spiro atoms. The molecular weight excluding hydrogens is 392 g/mol. The Morgan fingerprint density at radius 2 is 1.72 bits per heavy atom. The van der Waals surface area contributed by atoms with Gasteiger partial charge in [-0.3, -0.25) is 14.5 Å². The second-order valence-electron chi connectivity index (χ2n) is 7.23. The van der Waals surface area contributed by atoms with Gasteiger partial charge in [0.15, 0.2) is 0 Å². The van der Waals surface area contributed by atoms with E-state index in [9.17, 15) is 14.4 Å². The summed E-state index contributed by atoms with van der Waals surface area (Å²) in [6.45, 7) is 1.34. The minimum Gasteiger partial charge on any atom is -0.336 e. The molecule has 0 bridgehead atoms. The van der Waals surface area contributed by atoms with Crippen molar-refractivity contribution >= 4 is 30.3 Å². The van der Waals surface area contributed by atoms with Crippen LogP contribution in [0.4, 0.5) is 4.79 Å². The van der Waals surface area contributed by atoms with Gasteiger partial charge >= 0.3 is 6.03 Å². The summed E-state index contributed by atoms with van der Waals surface area (Å²) in [5.41, 5.74) is 8.80. The van der Waals surface area contributed by atoms with Crippen LogP contribution in [0.25, 0.3) is 0 Å². The summed E-state index contributed by atoms with van der Waals surface area (Å²) in [6, 6.07) is 16.6. The quantitative estimate of drug-likeness (QED) is 0.745. The van der Waals surface area contributed by atoms with E-state index in [0.29, 0.717) is 18.7 Å². The summed E-state index contributed by atoms with van der Waals surface area (Å²) in [6.07, 6.45) is 0. The van der Waals surface area contributed by atoms with E-state index in [1.54, 1.807) is 29.2 Å². The van der Waals surface area contributed by atoms with Crippen molar-refractivity contribution in [2.45, 2.75) is 18.5 Å². The summed E-state index contributed by atoms with van der Waals surface area (Å²) in [7, 11) is 0. The van der Waals surface area contributed by atoms with Crippen molar-refractivity contribution in [2.75, 3.05) is 19.6 Å². The fourth-order valence-corrected chi connectivity index (χ4v) is 3.78. The van der Waals surface area contributed by atoms with Gasteiger partial charge in [-0.1, -0.05) is 42.5 Å². The van der Waals surface area contributed by atoms with Crippen LogP contribution < -0.4 is 11.1 Å². The molecule has 2 atom stereocenters. The van der Waals surface area contributed by atoms with E-state index in [4.69, 9.17) is 5.73 Å². The van der Waals surface area contributed by atoms with Gasteiger partial charge in [-0.05, 0) is 23.3 Å². The van der Waals surface area contributed by atoms with E-state index >= 15 is 0 Å². The number of nitrogens with two attached hydrogens (primary N) is 1. The van der Waals surface area contributed by atoms with Gasteiger partial charge in [0.1, 0.15) is 0 Å². The Labute approximate surface area is 175 Å². The maximum atomic E-state index is 12.9. The first-order chi connectivity index (χ1) is 13.5. The van der Waals surface area contributed by atoms with Crippen LogP contribution in [-0.2, 0) is 11.3 Å². The van der Waals surface area contributed by atoms with Crippen molar-refractivity contribution in [1.82, 2.24) is 15.1 Å². The lowest BCUT2D eigenvalue weighted by Gasteiger charge is -2.17. The lowest BCUT2D eigenvalue weighted by atomic mass is 9.95. The van der Waals surface area contributed by atoms with Crippen molar-refractivity contribution in [3.63, 3.8) is 0 Å². The van der Waals surface area contributed by atoms with Gasteiger partial charge in [0, 0.05) is 30.6 Å². The summed E-state index contributed by atoms with van der Waals surface area (Å²) in [5.74, 6) is -0.178. The van der Waals surface area contributed by atoms with E-state index in [-0.39, 0.29) is 55.3 Å². The van der Waals surface area contributed by atoms with Crippen LogP contribution in [0.5, 0.6) is 0 Å². The van der Waals surface area contributed by atoms with Crippen molar-refractivity contribution in [2.24, 2.45) is 5.73 Å². The van der Waals surface area contributed by atoms with Gasteiger partial charge in [0.25, 0.3) is 5.91 Å². The molecule has 29 heavy (non-hydrogen) atoms. The van der Waals surface area contributed by atoms with Gasteiger partial charge in [0.2, 0.25) is 5.91 Å². The largest absolute Gasteiger partial charge is 0.336 e. The first-order valence-corrected chi connectivity index (χ1v) is 9.30. The molecule has 4 amide bonds. The van der Waals surface area contributed by atoms with Crippen molar-refractivity contribution in [3.05, 3.63) is 71.3 Å². The maximum absolute atomic E-state index is 12.9. The molecule has 2 fully saturated rings. The third-order valence-electron chi connectivity index (χ3n) is 5.36. The Hall–Kier alpha value is -2.90. The van der Waals surface area contributed by atoms with E-state index in [2.05, 4.69) is 5.32 Å². The lowest BCUT2D eigenvalue weighted by Crippen LogP contribution is -2.32. The Morgan fingerprint density at radius 3 is 2.34 bits per heavy atom. The zero-order chi connectivity index (χ0) is 19.7. The van der Waals surface area contributed by atoms with Gasteiger partial charge < -0.3 is 16.0 Å². The fourth-order valence-electron chi connectivity index (χ4n) is 3.78. The average molecular weight is 415 g/mol. The molecule has 2 saturated heterocycles. The summed E-state index contributed by atoms with van der Waals surface area (Å²) < 4.78 is 0. The zero-order valence-electron chi connectivity index (χ0n) is 15.8. The summed E-state index contributed by atoms with van der Waals surface area (Å²) in [4.78, 5) is 39.1. The average Bonchev–Trinajstić information content (AvgIpc) is 3.26. The van der Waals surface area contributed by atoms with Crippen LogP contribution >= 0.6 is 12.4 Å². The van der Waals surface area contributed by atoms with Crippen molar-refractivity contribution in [3.8, 4) is 0 Å².